The van der Waals surface area contributed by atoms with E-state index in [4.69, 9.17) is 0 Å². The molecule has 0 saturated carbocycles. The minimum Gasteiger partial charge on any atom is -0.387 e. The molecule has 0 unspecified atom stereocenters. The number of aromatic amines is 1. The van der Waals surface area contributed by atoms with Crippen LogP contribution in [0.5, 0.6) is 0 Å². The lowest BCUT2D eigenvalue weighted by atomic mass is 10.1. The lowest BCUT2D eigenvalue weighted by Crippen LogP contribution is -2.02. The summed E-state index contributed by atoms with van der Waals surface area (Å²) >= 11 is 1.18. The second kappa shape index (κ2) is 5.38. The average molecular weight is 304 g/mol. The first-order valence-corrected chi connectivity index (χ1v) is 7.43. The van der Waals surface area contributed by atoms with E-state index < -0.39 is 11.9 Å². The summed E-state index contributed by atoms with van der Waals surface area (Å²) in [5, 5.41) is 12.2. The Kier molecular flexibility index (Phi) is 3.57. The first kappa shape index (κ1) is 13.9. The molecule has 2 aromatic heterocycles. The number of hydrogen-bond donors (Lipinski definition) is 2. The first-order chi connectivity index (χ1) is 10.1. The number of nitrogens with one attached hydrogen (secondary N) is 1. The number of hydrogen-bond acceptors (Lipinski definition) is 4. The summed E-state index contributed by atoms with van der Waals surface area (Å²) in [6, 6.07) is 4.26. The minimum atomic E-state index is -0.664. The van der Waals surface area contributed by atoms with Crippen molar-refractivity contribution in [1.29, 1.82) is 0 Å². The molecule has 2 heterocycles. The van der Waals surface area contributed by atoms with E-state index in [9.17, 15) is 14.3 Å². The van der Waals surface area contributed by atoms with Gasteiger partial charge in [-0.15, -0.1) is 11.3 Å². The molecule has 4 nitrogen and oxygen atoms in total. The minimum absolute atomic E-state index is 0.272. The molecule has 6 heteroatoms. The van der Waals surface area contributed by atoms with Gasteiger partial charge in [0.15, 0.2) is 5.01 Å². The predicted octanol–water partition coefficient (Wildman–Crippen LogP) is 3.44. The Hall–Kier alpha value is -2.05. The molecule has 0 saturated heterocycles. The van der Waals surface area contributed by atoms with Gasteiger partial charge >= 0.3 is 0 Å². The Morgan fingerprint density at radius 3 is 3.10 bits per heavy atom. The summed E-state index contributed by atoms with van der Waals surface area (Å²) in [6.45, 7) is 1.84. The highest BCUT2D eigenvalue weighted by Crippen LogP contribution is 2.25. The molecule has 3 rings (SSSR count). The second-order valence-corrected chi connectivity index (χ2v) is 5.58. The number of benzene rings is 1. The van der Waals surface area contributed by atoms with Crippen molar-refractivity contribution >= 4 is 28.0 Å². The molecule has 108 valence electrons. The van der Waals surface area contributed by atoms with E-state index in [2.05, 4.69) is 9.97 Å². The second-order valence-electron chi connectivity index (χ2n) is 4.72. The standard InChI is InChI=1S/C15H13FN2O2S/c1-2-13(19)12-7-21-15(18-12)14(20)10-6-17-11-4-3-8(16)5-9(10)11/h3-7,13,17,19H,2H2,1H3/t13-/m1/s1. The van der Waals surface area contributed by atoms with Crippen LogP contribution in [0.25, 0.3) is 10.9 Å². The van der Waals surface area contributed by atoms with Crippen molar-refractivity contribution in [2.75, 3.05) is 0 Å². The van der Waals surface area contributed by atoms with E-state index in [-0.39, 0.29) is 5.78 Å². The molecular weight excluding hydrogens is 291 g/mol. The smallest absolute Gasteiger partial charge is 0.223 e. The molecule has 0 aliphatic rings. The predicted molar refractivity (Wildman–Crippen MR) is 79.1 cm³/mol. The van der Waals surface area contributed by atoms with Gasteiger partial charge in [0.25, 0.3) is 0 Å². The summed E-state index contributed by atoms with van der Waals surface area (Å²) in [7, 11) is 0. The Balaban J connectivity index is 2.00. The third kappa shape index (κ3) is 2.48. The third-order valence-corrected chi connectivity index (χ3v) is 4.19. The van der Waals surface area contributed by atoms with Gasteiger partial charge in [-0.1, -0.05) is 6.92 Å². The topological polar surface area (TPSA) is 66.0 Å². The van der Waals surface area contributed by atoms with Crippen LogP contribution in [0.1, 0.15) is 40.5 Å². The maximum absolute atomic E-state index is 13.3. The first-order valence-electron chi connectivity index (χ1n) is 6.55. The molecule has 21 heavy (non-hydrogen) atoms. The summed E-state index contributed by atoms with van der Waals surface area (Å²) in [5.41, 5.74) is 1.58. The van der Waals surface area contributed by atoms with Crippen LogP contribution < -0.4 is 0 Å². The number of aromatic nitrogens is 2. The molecule has 0 aliphatic heterocycles. The summed E-state index contributed by atoms with van der Waals surface area (Å²) < 4.78 is 13.3. The maximum Gasteiger partial charge on any atom is 0.223 e. The van der Waals surface area contributed by atoms with Gasteiger partial charge in [0, 0.05) is 22.5 Å². The Labute approximate surface area is 124 Å². The van der Waals surface area contributed by atoms with Crippen molar-refractivity contribution in [3.8, 4) is 0 Å². The fraction of sp³-hybridized carbons (Fsp3) is 0.200. The maximum atomic E-state index is 13.3. The van der Waals surface area contributed by atoms with Crippen molar-refractivity contribution in [1.82, 2.24) is 9.97 Å². The van der Waals surface area contributed by atoms with Crippen LogP contribution in [0.4, 0.5) is 4.39 Å². The molecule has 1 atom stereocenters. The summed E-state index contributed by atoms with van der Waals surface area (Å²) in [6.07, 6.45) is 1.43. The van der Waals surface area contributed by atoms with Gasteiger partial charge in [0.2, 0.25) is 5.78 Å². The van der Waals surface area contributed by atoms with Gasteiger partial charge in [0.1, 0.15) is 5.82 Å². The zero-order valence-electron chi connectivity index (χ0n) is 11.3. The molecule has 0 fully saturated rings. The van der Waals surface area contributed by atoms with Crippen LogP contribution in [0, 0.1) is 5.82 Å². The number of nitrogens with zero attached hydrogens (tertiary/aromatic N) is 1. The van der Waals surface area contributed by atoms with Crippen molar-refractivity contribution in [3.63, 3.8) is 0 Å². The van der Waals surface area contributed by atoms with Crippen LogP contribution in [-0.4, -0.2) is 20.9 Å². The van der Waals surface area contributed by atoms with Crippen molar-refractivity contribution in [3.05, 3.63) is 51.9 Å². The van der Waals surface area contributed by atoms with Crippen LogP contribution in [0.3, 0.4) is 0 Å². The number of fused-ring (bicyclic) bond motifs is 1. The Morgan fingerprint density at radius 1 is 1.52 bits per heavy atom. The highest BCUT2D eigenvalue weighted by Gasteiger charge is 2.19. The van der Waals surface area contributed by atoms with Crippen LogP contribution >= 0.6 is 11.3 Å². The summed E-state index contributed by atoms with van der Waals surface area (Å²) in [5.74, 6) is -0.663. The fourth-order valence-electron chi connectivity index (χ4n) is 2.15. The number of aliphatic hydroxyl groups is 1. The van der Waals surface area contributed by atoms with E-state index in [0.29, 0.717) is 33.6 Å². The molecule has 0 amide bonds. The summed E-state index contributed by atoms with van der Waals surface area (Å²) in [4.78, 5) is 19.6. The normalized spacial score (nSPS) is 12.7. The number of halogens is 1. The van der Waals surface area contributed by atoms with E-state index in [1.54, 1.807) is 17.6 Å². The van der Waals surface area contributed by atoms with E-state index in [0.717, 1.165) is 0 Å². The number of H-pyrrole nitrogens is 1. The molecule has 0 radical (unpaired) electrons. The Bertz CT molecular complexity index is 809. The van der Waals surface area contributed by atoms with E-state index >= 15 is 0 Å². The lowest BCUT2D eigenvalue weighted by Gasteiger charge is -2.01. The van der Waals surface area contributed by atoms with Crippen molar-refractivity contribution < 1.29 is 14.3 Å². The monoisotopic (exact) mass is 304 g/mol. The largest absolute Gasteiger partial charge is 0.387 e. The SMILES string of the molecule is CC[C@@H](O)c1csc(C(=O)c2c[nH]c3ccc(F)cc23)n1. The van der Waals surface area contributed by atoms with Gasteiger partial charge in [-0.25, -0.2) is 9.37 Å². The van der Waals surface area contributed by atoms with Gasteiger partial charge in [-0.05, 0) is 24.6 Å². The number of carbonyl (C=O) groups is 1. The molecular formula is C15H13FN2O2S. The van der Waals surface area contributed by atoms with Gasteiger partial charge in [0.05, 0.1) is 17.4 Å². The number of rotatable bonds is 4. The number of thiazole rings is 1. The molecule has 0 spiro atoms. The molecule has 0 aliphatic carbocycles. The molecule has 0 bridgehead atoms. The van der Waals surface area contributed by atoms with E-state index in [1.165, 1.54) is 23.5 Å². The number of carbonyl (C=O) groups excluding carboxylic acids is 1. The molecule has 2 N–H and O–H groups in total. The highest BCUT2D eigenvalue weighted by atomic mass is 32.1. The van der Waals surface area contributed by atoms with Crippen LogP contribution in [-0.2, 0) is 0 Å². The fourth-order valence-corrected chi connectivity index (χ4v) is 2.97. The Morgan fingerprint density at radius 2 is 2.33 bits per heavy atom. The van der Waals surface area contributed by atoms with Gasteiger partial charge in [-0.3, -0.25) is 4.79 Å². The van der Waals surface area contributed by atoms with Gasteiger partial charge < -0.3 is 10.1 Å². The number of aliphatic hydroxyl groups excluding tert-OH is 1. The number of ketones is 1. The molecule has 1 aromatic carbocycles. The van der Waals surface area contributed by atoms with Crippen LogP contribution in [0.2, 0.25) is 0 Å². The zero-order chi connectivity index (χ0) is 15.0. The van der Waals surface area contributed by atoms with Crippen molar-refractivity contribution in [2.24, 2.45) is 0 Å². The average Bonchev–Trinajstić information content (AvgIpc) is 3.12. The van der Waals surface area contributed by atoms with Crippen LogP contribution in [0.15, 0.2) is 29.8 Å². The van der Waals surface area contributed by atoms with Gasteiger partial charge in [-0.2, -0.15) is 0 Å². The van der Waals surface area contributed by atoms with Crippen molar-refractivity contribution in [2.45, 2.75) is 19.4 Å². The zero-order valence-corrected chi connectivity index (χ0v) is 12.1. The quantitative estimate of drug-likeness (QED) is 0.726. The highest BCUT2D eigenvalue weighted by molar-refractivity contribution is 7.12. The lowest BCUT2D eigenvalue weighted by molar-refractivity contribution is 0.103. The third-order valence-electron chi connectivity index (χ3n) is 3.33. The molecule has 3 aromatic rings. The van der Waals surface area contributed by atoms with E-state index in [1.807, 2.05) is 6.92 Å².